The normalized spacial score (nSPS) is 11.0. The van der Waals surface area contributed by atoms with E-state index in [0.29, 0.717) is 6.54 Å². The Labute approximate surface area is 142 Å². The second-order valence-electron chi connectivity index (χ2n) is 5.64. The summed E-state index contributed by atoms with van der Waals surface area (Å²) in [7, 11) is 1.57. The van der Waals surface area contributed by atoms with Gasteiger partial charge in [0.2, 0.25) is 0 Å². The van der Waals surface area contributed by atoms with E-state index in [2.05, 4.69) is 9.97 Å². The van der Waals surface area contributed by atoms with Crippen molar-refractivity contribution >= 4 is 11.0 Å². The monoisotopic (exact) mass is 344 g/mol. The van der Waals surface area contributed by atoms with Crippen LogP contribution in [0.15, 0.2) is 40.3 Å². The zero-order valence-electron chi connectivity index (χ0n) is 13.9. The minimum atomic E-state index is -0.532. The molecule has 0 aliphatic heterocycles. The molecule has 25 heavy (non-hydrogen) atoms. The maximum Gasteiger partial charge on any atom is 0.332 e. The van der Waals surface area contributed by atoms with Crippen LogP contribution in [0.1, 0.15) is 19.8 Å². The Balaban J connectivity index is 2.10. The molecule has 3 rings (SSSR count). The van der Waals surface area contributed by atoms with E-state index in [9.17, 15) is 14.0 Å². The van der Waals surface area contributed by atoms with Crippen molar-refractivity contribution in [3.63, 3.8) is 0 Å². The molecule has 8 heteroatoms. The van der Waals surface area contributed by atoms with E-state index < -0.39 is 17.1 Å². The number of rotatable bonds is 5. The number of unbranched alkanes of at least 4 members (excludes halogenated alkanes) is 1. The number of halogens is 1. The zero-order chi connectivity index (χ0) is 18.0. The molecular formula is C17H17FN4O3. The minimum Gasteiger partial charge on any atom is -0.454 e. The fourth-order valence-electron chi connectivity index (χ4n) is 2.52. The van der Waals surface area contributed by atoms with Gasteiger partial charge in [0.25, 0.3) is 5.56 Å². The Morgan fingerprint density at radius 3 is 2.64 bits per heavy atom. The van der Waals surface area contributed by atoms with Gasteiger partial charge in [0.05, 0.1) is 24.0 Å². The lowest BCUT2D eigenvalue weighted by Crippen LogP contribution is -2.39. The lowest BCUT2D eigenvalue weighted by Gasteiger charge is -2.11. The summed E-state index contributed by atoms with van der Waals surface area (Å²) >= 11 is 0. The molecule has 0 unspecified atom stereocenters. The van der Waals surface area contributed by atoms with Crippen molar-refractivity contribution in [1.29, 1.82) is 0 Å². The number of pyridine rings is 2. The van der Waals surface area contributed by atoms with E-state index in [1.165, 1.54) is 33.7 Å². The summed E-state index contributed by atoms with van der Waals surface area (Å²) in [5.41, 5.74) is -0.546. The summed E-state index contributed by atoms with van der Waals surface area (Å²) in [6.45, 7) is 2.33. The predicted octanol–water partition coefficient (Wildman–Crippen LogP) is 2.22. The molecule has 0 aromatic carbocycles. The molecule has 3 aromatic heterocycles. The topological polar surface area (TPSA) is 79.0 Å². The van der Waals surface area contributed by atoms with Crippen molar-refractivity contribution in [2.24, 2.45) is 7.05 Å². The average Bonchev–Trinajstić information content (AvgIpc) is 2.60. The van der Waals surface area contributed by atoms with Gasteiger partial charge in [-0.2, -0.15) is 0 Å². The van der Waals surface area contributed by atoms with Gasteiger partial charge in [0.1, 0.15) is 23.0 Å². The van der Waals surface area contributed by atoms with Crippen LogP contribution in [0.3, 0.4) is 0 Å². The molecule has 7 nitrogen and oxygen atoms in total. The van der Waals surface area contributed by atoms with E-state index in [-0.39, 0.29) is 22.5 Å². The third-order valence-corrected chi connectivity index (χ3v) is 3.80. The molecule has 130 valence electrons. The number of nitrogens with zero attached hydrogens (tertiary/aromatic N) is 4. The first-order valence-electron chi connectivity index (χ1n) is 7.89. The molecular weight excluding hydrogens is 327 g/mol. The fraction of sp³-hybridized carbons (Fsp3) is 0.294. The summed E-state index contributed by atoms with van der Waals surface area (Å²) in [6, 6.07) is 2.68. The minimum absolute atomic E-state index is 0.192. The van der Waals surface area contributed by atoms with Gasteiger partial charge >= 0.3 is 5.69 Å². The molecule has 0 radical (unpaired) electrons. The van der Waals surface area contributed by atoms with Crippen molar-refractivity contribution < 1.29 is 9.13 Å². The second-order valence-corrected chi connectivity index (χ2v) is 5.64. The van der Waals surface area contributed by atoms with Crippen LogP contribution in [0.25, 0.3) is 11.0 Å². The van der Waals surface area contributed by atoms with E-state index in [1.807, 2.05) is 6.92 Å². The van der Waals surface area contributed by atoms with E-state index >= 15 is 0 Å². The van der Waals surface area contributed by atoms with Gasteiger partial charge in [-0.3, -0.25) is 18.9 Å². The van der Waals surface area contributed by atoms with E-state index in [4.69, 9.17) is 4.74 Å². The highest BCUT2D eigenvalue weighted by Crippen LogP contribution is 2.22. The van der Waals surface area contributed by atoms with Gasteiger partial charge < -0.3 is 4.74 Å². The molecule has 0 bridgehead atoms. The second kappa shape index (κ2) is 6.84. The molecule has 3 aromatic rings. The van der Waals surface area contributed by atoms with Gasteiger partial charge in [0.15, 0.2) is 0 Å². The van der Waals surface area contributed by atoms with Crippen LogP contribution in [0, 0.1) is 5.82 Å². The van der Waals surface area contributed by atoms with E-state index in [1.54, 1.807) is 7.05 Å². The lowest BCUT2D eigenvalue weighted by atomic mass is 10.3. The van der Waals surface area contributed by atoms with Crippen LogP contribution in [0.4, 0.5) is 4.39 Å². The van der Waals surface area contributed by atoms with Crippen molar-refractivity contribution in [1.82, 2.24) is 19.1 Å². The molecule has 0 atom stereocenters. The molecule has 0 aliphatic carbocycles. The SMILES string of the molecule is CCCCn1c(=O)c2cc(Oc3cncc(F)c3)cnc2n(C)c1=O. The predicted molar refractivity (Wildman–Crippen MR) is 90.4 cm³/mol. The van der Waals surface area contributed by atoms with Gasteiger partial charge in [-0.15, -0.1) is 0 Å². The number of ether oxygens (including phenoxy) is 1. The summed E-state index contributed by atoms with van der Waals surface area (Å²) in [5.74, 6) is -0.0782. The average molecular weight is 344 g/mol. The highest BCUT2D eigenvalue weighted by Gasteiger charge is 2.13. The molecule has 0 aliphatic rings. The van der Waals surface area contributed by atoms with Crippen molar-refractivity contribution in [3.05, 3.63) is 57.4 Å². The number of hydrogen-bond donors (Lipinski definition) is 0. The Kier molecular flexibility index (Phi) is 4.60. The molecule has 0 fully saturated rings. The molecule has 0 saturated carbocycles. The fourth-order valence-corrected chi connectivity index (χ4v) is 2.52. The summed E-state index contributed by atoms with van der Waals surface area (Å²) in [4.78, 5) is 32.8. The van der Waals surface area contributed by atoms with Crippen LogP contribution in [0.5, 0.6) is 11.5 Å². The van der Waals surface area contributed by atoms with Gasteiger partial charge in [-0.1, -0.05) is 13.3 Å². The van der Waals surface area contributed by atoms with Crippen molar-refractivity contribution in [3.8, 4) is 11.5 Å². The first-order valence-corrected chi connectivity index (χ1v) is 7.89. The first-order chi connectivity index (χ1) is 12.0. The summed E-state index contributed by atoms with van der Waals surface area (Å²) in [5, 5.41) is 0.264. The standard InChI is InChI=1S/C17H17FN4O3/c1-3-4-5-22-16(23)14-7-13(10-20-15(14)21(2)17(22)24)25-12-6-11(18)8-19-9-12/h6-10H,3-5H2,1-2H3. The van der Waals surface area contributed by atoms with Crippen molar-refractivity contribution in [2.45, 2.75) is 26.3 Å². The number of fused-ring (bicyclic) bond motifs is 1. The Morgan fingerprint density at radius 2 is 1.92 bits per heavy atom. The Bertz CT molecular complexity index is 1040. The van der Waals surface area contributed by atoms with Crippen LogP contribution in [-0.2, 0) is 13.6 Å². The summed E-state index contributed by atoms with van der Waals surface area (Å²) < 4.78 is 21.2. The number of hydrogen-bond acceptors (Lipinski definition) is 5. The van der Waals surface area contributed by atoms with Crippen LogP contribution >= 0.6 is 0 Å². The van der Waals surface area contributed by atoms with Crippen LogP contribution in [0.2, 0.25) is 0 Å². The third-order valence-electron chi connectivity index (χ3n) is 3.80. The highest BCUT2D eigenvalue weighted by atomic mass is 19.1. The molecule has 0 amide bonds. The smallest absolute Gasteiger partial charge is 0.332 e. The van der Waals surface area contributed by atoms with Gasteiger partial charge in [0, 0.05) is 19.7 Å². The first kappa shape index (κ1) is 16.8. The van der Waals surface area contributed by atoms with Crippen molar-refractivity contribution in [2.75, 3.05) is 0 Å². The highest BCUT2D eigenvalue weighted by molar-refractivity contribution is 5.75. The quantitative estimate of drug-likeness (QED) is 0.709. The molecule has 3 heterocycles. The van der Waals surface area contributed by atoms with Crippen LogP contribution in [-0.4, -0.2) is 19.1 Å². The Morgan fingerprint density at radius 1 is 1.16 bits per heavy atom. The number of aryl methyl sites for hydroxylation is 1. The van der Waals surface area contributed by atoms with Crippen LogP contribution < -0.4 is 16.0 Å². The third kappa shape index (κ3) is 3.28. The Hall–Kier alpha value is -3.03. The summed E-state index contributed by atoms with van der Waals surface area (Å²) in [6.07, 6.45) is 5.38. The zero-order valence-corrected chi connectivity index (χ0v) is 13.9. The maximum atomic E-state index is 13.2. The molecule has 0 spiro atoms. The van der Waals surface area contributed by atoms with Gasteiger partial charge in [-0.25, -0.2) is 14.2 Å². The number of aromatic nitrogens is 4. The van der Waals surface area contributed by atoms with E-state index in [0.717, 1.165) is 19.0 Å². The lowest BCUT2D eigenvalue weighted by molar-refractivity contribution is 0.471. The van der Waals surface area contributed by atoms with Gasteiger partial charge in [-0.05, 0) is 12.5 Å². The largest absolute Gasteiger partial charge is 0.454 e. The maximum absolute atomic E-state index is 13.2. The molecule has 0 saturated heterocycles. The molecule has 0 N–H and O–H groups in total.